The van der Waals surface area contributed by atoms with Crippen LogP contribution in [0.2, 0.25) is 0 Å². The molecular formula is C19H22N2O2. The Morgan fingerprint density at radius 2 is 1.96 bits per heavy atom. The first kappa shape index (κ1) is 15.6. The number of carbonyl (C=O) groups is 1. The topological polar surface area (TPSA) is 45.5 Å². The third-order valence-electron chi connectivity index (χ3n) is 4.13. The Kier molecular flexibility index (Phi) is 5.27. The summed E-state index contributed by atoms with van der Waals surface area (Å²) in [6.07, 6.45) is 6.81. The van der Waals surface area contributed by atoms with Gasteiger partial charge in [-0.3, -0.25) is 9.69 Å². The van der Waals surface area contributed by atoms with E-state index in [1.165, 1.54) is 11.6 Å². The molecule has 3 rings (SSSR count). The van der Waals surface area contributed by atoms with Crippen molar-refractivity contribution >= 4 is 12.0 Å². The first-order valence-corrected chi connectivity index (χ1v) is 8.08. The largest absolute Gasteiger partial charge is 0.465 e. The predicted octanol–water partition coefficient (Wildman–Crippen LogP) is 3.07. The number of nitrogens with zero attached hydrogens (tertiary/aromatic N) is 1. The summed E-state index contributed by atoms with van der Waals surface area (Å²) in [7, 11) is 0. The molecule has 23 heavy (non-hydrogen) atoms. The number of hydrogen-bond acceptors (Lipinski definition) is 3. The van der Waals surface area contributed by atoms with E-state index >= 15 is 0 Å². The smallest absolute Gasteiger partial charge is 0.244 e. The highest BCUT2D eigenvalue weighted by Crippen LogP contribution is 2.14. The molecule has 4 heteroatoms. The molecule has 0 aliphatic carbocycles. The minimum absolute atomic E-state index is 0.0529. The number of hydrogen-bond donors (Lipinski definition) is 1. The van der Waals surface area contributed by atoms with Crippen LogP contribution in [0.25, 0.3) is 6.08 Å². The van der Waals surface area contributed by atoms with Gasteiger partial charge in [-0.15, -0.1) is 0 Å². The summed E-state index contributed by atoms with van der Waals surface area (Å²) >= 11 is 0. The summed E-state index contributed by atoms with van der Waals surface area (Å²) in [4.78, 5) is 14.4. The third kappa shape index (κ3) is 4.83. The molecule has 0 unspecified atom stereocenters. The van der Waals surface area contributed by atoms with Crippen molar-refractivity contribution in [2.24, 2.45) is 0 Å². The number of nitrogens with one attached hydrogen (secondary N) is 1. The van der Waals surface area contributed by atoms with Crippen LogP contribution in [0.4, 0.5) is 0 Å². The molecule has 0 atom stereocenters. The lowest BCUT2D eigenvalue weighted by atomic mass is 10.0. The Morgan fingerprint density at radius 3 is 2.65 bits per heavy atom. The minimum Gasteiger partial charge on any atom is -0.465 e. The van der Waals surface area contributed by atoms with E-state index in [1.54, 1.807) is 18.4 Å². The number of likely N-dealkylation sites (tertiary alicyclic amines) is 1. The van der Waals surface area contributed by atoms with Gasteiger partial charge in [0, 0.05) is 31.8 Å². The second kappa shape index (κ2) is 7.79. The summed E-state index contributed by atoms with van der Waals surface area (Å²) in [5.74, 6) is 0.640. The Morgan fingerprint density at radius 1 is 1.17 bits per heavy atom. The van der Waals surface area contributed by atoms with Crippen molar-refractivity contribution in [2.75, 3.05) is 13.1 Å². The molecule has 1 aromatic heterocycles. The number of carbonyl (C=O) groups excluding carboxylic acids is 1. The Bertz CT molecular complexity index is 627. The highest BCUT2D eigenvalue weighted by molar-refractivity contribution is 5.91. The normalized spacial score (nSPS) is 16.7. The van der Waals surface area contributed by atoms with Crippen LogP contribution in [0, 0.1) is 0 Å². The summed E-state index contributed by atoms with van der Waals surface area (Å²) in [5, 5.41) is 3.07. The average molecular weight is 310 g/mol. The van der Waals surface area contributed by atoms with Crippen LogP contribution in [-0.4, -0.2) is 29.9 Å². The molecule has 2 aromatic rings. The number of benzene rings is 1. The maximum atomic E-state index is 11.9. The highest BCUT2D eigenvalue weighted by atomic mass is 16.3. The van der Waals surface area contributed by atoms with E-state index in [4.69, 9.17) is 4.42 Å². The number of amides is 1. The summed E-state index contributed by atoms with van der Waals surface area (Å²) < 4.78 is 5.17. The van der Waals surface area contributed by atoms with E-state index < -0.39 is 0 Å². The molecule has 2 heterocycles. The Balaban J connectivity index is 1.41. The molecule has 0 saturated carbocycles. The van der Waals surface area contributed by atoms with Crippen LogP contribution in [0.1, 0.15) is 24.2 Å². The summed E-state index contributed by atoms with van der Waals surface area (Å²) in [6, 6.07) is 14.4. The molecule has 1 saturated heterocycles. The van der Waals surface area contributed by atoms with Crippen LogP contribution in [0.3, 0.4) is 0 Å². The van der Waals surface area contributed by atoms with Gasteiger partial charge in [-0.05, 0) is 36.6 Å². The molecule has 0 bridgehead atoms. The van der Waals surface area contributed by atoms with Crippen molar-refractivity contribution in [1.29, 1.82) is 0 Å². The van der Waals surface area contributed by atoms with Crippen molar-refractivity contribution < 1.29 is 9.21 Å². The van der Waals surface area contributed by atoms with Crippen molar-refractivity contribution in [3.05, 3.63) is 66.1 Å². The zero-order valence-corrected chi connectivity index (χ0v) is 13.2. The number of piperidine rings is 1. The summed E-state index contributed by atoms with van der Waals surface area (Å²) in [5.41, 5.74) is 1.34. The molecule has 1 aliphatic rings. The molecule has 120 valence electrons. The first-order valence-electron chi connectivity index (χ1n) is 8.08. The lowest BCUT2D eigenvalue weighted by Gasteiger charge is -2.32. The highest BCUT2D eigenvalue weighted by Gasteiger charge is 2.19. The second-order valence-corrected chi connectivity index (χ2v) is 5.89. The van der Waals surface area contributed by atoms with Gasteiger partial charge in [-0.2, -0.15) is 0 Å². The summed E-state index contributed by atoms with van der Waals surface area (Å²) in [6.45, 7) is 3.02. The molecule has 1 fully saturated rings. The van der Waals surface area contributed by atoms with Crippen molar-refractivity contribution in [3.8, 4) is 0 Å². The van der Waals surface area contributed by atoms with E-state index in [2.05, 4.69) is 34.5 Å². The number of furan rings is 1. The Labute approximate surface area is 136 Å². The van der Waals surface area contributed by atoms with Gasteiger partial charge >= 0.3 is 0 Å². The zero-order chi connectivity index (χ0) is 15.9. The third-order valence-corrected chi connectivity index (χ3v) is 4.13. The molecule has 0 spiro atoms. The van der Waals surface area contributed by atoms with Gasteiger partial charge < -0.3 is 9.73 Å². The zero-order valence-electron chi connectivity index (χ0n) is 13.2. The van der Waals surface area contributed by atoms with Gasteiger partial charge in [-0.1, -0.05) is 30.3 Å². The van der Waals surface area contributed by atoms with Crippen molar-refractivity contribution in [1.82, 2.24) is 10.2 Å². The fourth-order valence-electron chi connectivity index (χ4n) is 2.87. The molecule has 1 amide bonds. The van der Waals surface area contributed by atoms with E-state index in [0.717, 1.165) is 32.5 Å². The molecule has 4 nitrogen and oxygen atoms in total. The van der Waals surface area contributed by atoms with Crippen LogP contribution >= 0.6 is 0 Å². The maximum Gasteiger partial charge on any atom is 0.244 e. The average Bonchev–Trinajstić information content (AvgIpc) is 3.09. The lowest BCUT2D eigenvalue weighted by molar-refractivity contribution is -0.117. The van der Waals surface area contributed by atoms with E-state index in [0.29, 0.717) is 5.76 Å². The van der Waals surface area contributed by atoms with Crippen LogP contribution < -0.4 is 5.32 Å². The van der Waals surface area contributed by atoms with E-state index in [1.807, 2.05) is 12.1 Å². The quantitative estimate of drug-likeness (QED) is 0.863. The Hall–Kier alpha value is -2.33. The van der Waals surface area contributed by atoms with E-state index in [-0.39, 0.29) is 11.9 Å². The SMILES string of the molecule is O=C(C=Cc1ccco1)NC1CCN(Cc2ccccc2)CC1. The van der Waals surface area contributed by atoms with Gasteiger partial charge in [0.2, 0.25) is 5.91 Å². The van der Waals surface area contributed by atoms with Crippen molar-refractivity contribution in [2.45, 2.75) is 25.4 Å². The molecular weight excluding hydrogens is 288 g/mol. The van der Waals surface area contributed by atoms with Gasteiger partial charge in [0.15, 0.2) is 0 Å². The van der Waals surface area contributed by atoms with Crippen LogP contribution in [0.5, 0.6) is 0 Å². The fourth-order valence-corrected chi connectivity index (χ4v) is 2.87. The number of rotatable bonds is 5. The molecule has 1 aromatic carbocycles. The van der Waals surface area contributed by atoms with Crippen LogP contribution in [-0.2, 0) is 11.3 Å². The first-order chi connectivity index (χ1) is 11.3. The molecule has 1 aliphatic heterocycles. The molecule has 1 N–H and O–H groups in total. The van der Waals surface area contributed by atoms with Gasteiger partial charge in [-0.25, -0.2) is 0 Å². The van der Waals surface area contributed by atoms with Gasteiger partial charge in [0.05, 0.1) is 6.26 Å². The minimum atomic E-state index is -0.0529. The maximum absolute atomic E-state index is 11.9. The van der Waals surface area contributed by atoms with Crippen molar-refractivity contribution in [3.63, 3.8) is 0 Å². The van der Waals surface area contributed by atoms with E-state index in [9.17, 15) is 4.79 Å². The standard InChI is InChI=1S/C19H22N2O2/c22-19(9-8-18-7-4-14-23-18)20-17-10-12-21(13-11-17)15-16-5-2-1-3-6-16/h1-9,14,17H,10-13,15H2,(H,20,22). The predicted molar refractivity (Wildman–Crippen MR) is 90.6 cm³/mol. The lowest BCUT2D eigenvalue weighted by Crippen LogP contribution is -2.43. The van der Waals surface area contributed by atoms with Gasteiger partial charge in [0.1, 0.15) is 5.76 Å². The monoisotopic (exact) mass is 310 g/mol. The molecule has 0 radical (unpaired) electrons. The second-order valence-electron chi connectivity index (χ2n) is 5.89. The van der Waals surface area contributed by atoms with Crippen LogP contribution in [0.15, 0.2) is 59.2 Å². The fraction of sp³-hybridized carbons (Fsp3) is 0.316. The van der Waals surface area contributed by atoms with Gasteiger partial charge in [0.25, 0.3) is 0 Å².